The van der Waals surface area contributed by atoms with Gasteiger partial charge in [0.25, 0.3) is 5.91 Å². The lowest BCUT2D eigenvalue weighted by atomic mass is 10.0. The fraction of sp³-hybridized carbons (Fsp3) is 0.333. The van der Waals surface area contributed by atoms with Gasteiger partial charge in [-0.3, -0.25) is 9.59 Å². The summed E-state index contributed by atoms with van der Waals surface area (Å²) in [5.41, 5.74) is 1.28. The first-order valence-corrected chi connectivity index (χ1v) is 9.61. The smallest absolute Gasteiger partial charge is 0.253 e. The van der Waals surface area contributed by atoms with Crippen LogP contribution in [0.2, 0.25) is 5.02 Å². The number of amides is 2. The highest BCUT2D eigenvalue weighted by atomic mass is 35.5. The highest BCUT2D eigenvalue weighted by Gasteiger charge is 2.21. The Kier molecular flexibility index (Phi) is 8.77. The lowest BCUT2D eigenvalue weighted by Crippen LogP contribution is -2.39. The first kappa shape index (κ1) is 22.2. The van der Waals surface area contributed by atoms with Crippen molar-refractivity contribution in [1.29, 1.82) is 0 Å². The molecule has 0 radical (unpaired) electrons. The minimum Gasteiger partial charge on any atom is -0.354 e. The normalized spacial score (nSPS) is 16.7. The van der Waals surface area contributed by atoms with Crippen LogP contribution in [-0.4, -0.2) is 30.9 Å². The van der Waals surface area contributed by atoms with Crippen molar-refractivity contribution in [1.82, 2.24) is 16.0 Å². The minimum absolute atomic E-state index is 0. The molecule has 2 amide bonds. The lowest BCUT2D eigenvalue weighted by Gasteiger charge is -2.20. The van der Waals surface area contributed by atoms with Gasteiger partial charge in [-0.25, -0.2) is 0 Å². The quantitative estimate of drug-likeness (QED) is 0.640. The number of halogens is 2. The number of hydrogen-bond acceptors (Lipinski definition) is 3. The van der Waals surface area contributed by atoms with Gasteiger partial charge in [0.05, 0.1) is 23.0 Å². The monoisotopic (exact) mass is 421 g/mol. The zero-order valence-corrected chi connectivity index (χ0v) is 17.1. The molecule has 3 N–H and O–H groups in total. The van der Waals surface area contributed by atoms with Crippen LogP contribution in [0.1, 0.15) is 41.2 Å². The van der Waals surface area contributed by atoms with Crippen LogP contribution >= 0.6 is 24.0 Å². The second-order valence-corrected chi connectivity index (χ2v) is 7.13. The van der Waals surface area contributed by atoms with E-state index in [-0.39, 0.29) is 30.6 Å². The van der Waals surface area contributed by atoms with Crippen LogP contribution in [0, 0.1) is 0 Å². The number of rotatable bonds is 7. The lowest BCUT2D eigenvalue weighted by molar-refractivity contribution is -0.121. The molecule has 2 aromatic carbocycles. The average Bonchev–Trinajstić information content (AvgIpc) is 3.20. The van der Waals surface area contributed by atoms with Crippen LogP contribution in [0.5, 0.6) is 0 Å². The molecule has 1 aliphatic heterocycles. The minimum atomic E-state index is -0.425. The van der Waals surface area contributed by atoms with Gasteiger partial charge in [-0.15, -0.1) is 12.4 Å². The molecule has 1 saturated heterocycles. The van der Waals surface area contributed by atoms with Gasteiger partial charge in [0.2, 0.25) is 5.91 Å². The van der Waals surface area contributed by atoms with Crippen molar-refractivity contribution in [2.24, 2.45) is 0 Å². The predicted molar refractivity (Wildman–Crippen MR) is 114 cm³/mol. The number of nitrogens with one attached hydrogen (secondary N) is 3. The Morgan fingerprint density at radius 1 is 1.11 bits per heavy atom. The van der Waals surface area contributed by atoms with Gasteiger partial charge in [-0.05, 0) is 37.1 Å². The van der Waals surface area contributed by atoms with E-state index in [2.05, 4.69) is 16.0 Å². The maximum atomic E-state index is 12.7. The van der Waals surface area contributed by atoms with Gasteiger partial charge < -0.3 is 16.0 Å². The Morgan fingerprint density at radius 2 is 1.82 bits per heavy atom. The molecule has 0 saturated carbocycles. The Morgan fingerprint density at radius 3 is 2.50 bits per heavy atom. The highest BCUT2D eigenvalue weighted by Crippen LogP contribution is 2.20. The molecule has 1 fully saturated rings. The summed E-state index contributed by atoms with van der Waals surface area (Å²) in [4.78, 5) is 25.1. The third kappa shape index (κ3) is 6.23. The van der Waals surface area contributed by atoms with Crippen molar-refractivity contribution in [2.75, 3.05) is 13.1 Å². The third-order valence-corrected chi connectivity index (χ3v) is 5.05. The first-order valence-electron chi connectivity index (χ1n) is 9.24. The molecule has 0 aromatic heterocycles. The van der Waals surface area contributed by atoms with Crippen molar-refractivity contribution >= 4 is 35.8 Å². The van der Waals surface area contributed by atoms with E-state index in [1.807, 2.05) is 30.3 Å². The van der Waals surface area contributed by atoms with Crippen molar-refractivity contribution in [3.8, 4) is 0 Å². The molecular formula is C21H25Cl2N3O2. The van der Waals surface area contributed by atoms with Gasteiger partial charge in [-0.2, -0.15) is 0 Å². The summed E-state index contributed by atoms with van der Waals surface area (Å²) < 4.78 is 0. The van der Waals surface area contributed by atoms with Gasteiger partial charge in [0.1, 0.15) is 0 Å². The van der Waals surface area contributed by atoms with Gasteiger partial charge >= 0.3 is 0 Å². The van der Waals surface area contributed by atoms with Crippen LogP contribution in [-0.2, 0) is 4.79 Å². The van der Waals surface area contributed by atoms with E-state index in [1.165, 1.54) is 0 Å². The van der Waals surface area contributed by atoms with Crippen molar-refractivity contribution in [2.45, 2.75) is 31.3 Å². The van der Waals surface area contributed by atoms with E-state index in [0.29, 0.717) is 23.2 Å². The van der Waals surface area contributed by atoms with E-state index in [1.54, 1.807) is 24.3 Å². The topological polar surface area (TPSA) is 70.2 Å². The van der Waals surface area contributed by atoms with Crippen LogP contribution in [0.3, 0.4) is 0 Å². The van der Waals surface area contributed by atoms with Gasteiger partial charge in [-0.1, -0.05) is 54.1 Å². The molecule has 150 valence electrons. The van der Waals surface area contributed by atoms with Crippen molar-refractivity contribution < 1.29 is 9.59 Å². The van der Waals surface area contributed by atoms with E-state index >= 15 is 0 Å². The number of hydrogen-bond donors (Lipinski definition) is 3. The van der Waals surface area contributed by atoms with E-state index in [9.17, 15) is 9.59 Å². The zero-order valence-electron chi connectivity index (χ0n) is 15.5. The maximum absolute atomic E-state index is 12.7. The summed E-state index contributed by atoms with van der Waals surface area (Å²) in [6.45, 7) is 1.61. The van der Waals surface area contributed by atoms with Gasteiger partial charge in [0.15, 0.2) is 0 Å². The summed E-state index contributed by atoms with van der Waals surface area (Å²) in [6, 6.07) is 16.3. The van der Waals surface area contributed by atoms with Crippen molar-refractivity contribution in [3.63, 3.8) is 0 Å². The molecule has 1 aliphatic rings. The summed E-state index contributed by atoms with van der Waals surface area (Å²) in [5.74, 6) is -0.378. The largest absolute Gasteiger partial charge is 0.354 e. The summed E-state index contributed by atoms with van der Waals surface area (Å²) in [5, 5.41) is 9.67. The highest BCUT2D eigenvalue weighted by molar-refractivity contribution is 6.33. The molecule has 7 heteroatoms. The molecule has 28 heavy (non-hydrogen) atoms. The van der Waals surface area contributed by atoms with Crippen molar-refractivity contribution in [3.05, 3.63) is 70.7 Å². The Balaban J connectivity index is 0.00000280. The average molecular weight is 422 g/mol. The standard InChI is InChI=1S/C21H24ClN3O2.ClH/c22-18-11-5-4-10-17(18)21(27)25-19(15-7-2-1-3-8-15)13-20(26)24-14-16-9-6-12-23-16;/h1-5,7-8,10-11,16,19,23H,6,9,12-14H2,(H,24,26)(H,25,27);1H. The van der Waals surface area contributed by atoms with Gasteiger partial charge in [0, 0.05) is 12.6 Å². The second-order valence-electron chi connectivity index (χ2n) is 6.72. The first-order chi connectivity index (χ1) is 13.1. The molecular weight excluding hydrogens is 397 g/mol. The zero-order chi connectivity index (χ0) is 19.1. The molecule has 0 spiro atoms. The molecule has 0 bridgehead atoms. The van der Waals surface area contributed by atoms with Crippen LogP contribution in [0.4, 0.5) is 0 Å². The summed E-state index contributed by atoms with van der Waals surface area (Å²) >= 11 is 6.13. The summed E-state index contributed by atoms with van der Waals surface area (Å²) in [6.07, 6.45) is 2.39. The van der Waals surface area contributed by atoms with E-state index < -0.39 is 6.04 Å². The fourth-order valence-electron chi connectivity index (χ4n) is 3.24. The van der Waals surface area contributed by atoms with Crippen LogP contribution < -0.4 is 16.0 Å². The molecule has 2 unspecified atom stereocenters. The number of carbonyl (C=O) groups is 2. The molecule has 2 atom stereocenters. The predicted octanol–water partition coefficient (Wildman–Crippen LogP) is 3.49. The summed E-state index contributed by atoms with van der Waals surface area (Å²) in [7, 11) is 0. The van der Waals surface area contributed by atoms with E-state index in [0.717, 1.165) is 24.9 Å². The Bertz CT molecular complexity index is 780. The number of carbonyl (C=O) groups excluding carboxylic acids is 2. The van der Waals surface area contributed by atoms with Crippen LogP contribution in [0.25, 0.3) is 0 Å². The third-order valence-electron chi connectivity index (χ3n) is 4.72. The maximum Gasteiger partial charge on any atom is 0.253 e. The Hall–Kier alpha value is -2.08. The Labute approximate surface area is 176 Å². The van der Waals surface area contributed by atoms with Crippen LogP contribution in [0.15, 0.2) is 54.6 Å². The molecule has 2 aromatic rings. The molecule has 0 aliphatic carbocycles. The van der Waals surface area contributed by atoms with E-state index in [4.69, 9.17) is 11.6 Å². The second kappa shape index (κ2) is 11.1. The SMILES string of the molecule is Cl.O=C(CC(NC(=O)c1ccccc1Cl)c1ccccc1)NCC1CCCN1. The number of benzene rings is 2. The fourth-order valence-corrected chi connectivity index (χ4v) is 3.47. The molecule has 1 heterocycles. The molecule has 3 rings (SSSR count). The molecule has 5 nitrogen and oxygen atoms in total.